The zero-order chi connectivity index (χ0) is 12.7. The van der Waals surface area contributed by atoms with E-state index in [0.29, 0.717) is 18.1 Å². The van der Waals surface area contributed by atoms with Crippen molar-refractivity contribution in [1.29, 1.82) is 0 Å². The van der Waals surface area contributed by atoms with E-state index in [1.165, 1.54) is 23.3 Å². The highest BCUT2D eigenvalue weighted by Crippen LogP contribution is 2.27. The molecule has 2 atom stereocenters. The van der Waals surface area contributed by atoms with Crippen molar-refractivity contribution >= 4 is 29.7 Å². The quantitative estimate of drug-likeness (QED) is 0.882. The van der Waals surface area contributed by atoms with Crippen LogP contribution in [0.15, 0.2) is 6.07 Å². The van der Waals surface area contributed by atoms with Crippen molar-refractivity contribution in [2.75, 3.05) is 0 Å². The van der Waals surface area contributed by atoms with Gasteiger partial charge < -0.3 is 10.6 Å². The zero-order valence-electron chi connectivity index (χ0n) is 11.4. The van der Waals surface area contributed by atoms with Crippen molar-refractivity contribution in [3.05, 3.63) is 21.4 Å². The van der Waals surface area contributed by atoms with Crippen LogP contribution in [0, 0.1) is 13.8 Å². The molecular weight excluding hydrogens is 280 g/mol. The molecule has 0 spiro atoms. The van der Waals surface area contributed by atoms with Crippen molar-refractivity contribution in [2.24, 2.45) is 0 Å². The van der Waals surface area contributed by atoms with Gasteiger partial charge >= 0.3 is 0 Å². The van der Waals surface area contributed by atoms with Crippen molar-refractivity contribution < 1.29 is 4.79 Å². The Labute approximate surface area is 124 Å². The van der Waals surface area contributed by atoms with Gasteiger partial charge in [0, 0.05) is 23.0 Å². The van der Waals surface area contributed by atoms with Gasteiger partial charge in [0.2, 0.25) is 0 Å². The van der Waals surface area contributed by atoms with Crippen molar-refractivity contribution in [3.63, 3.8) is 0 Å². The molecule has 106 valence electrons. The minimum absolute atomic E-state index is 0. The summed E-state index contributed by atoms with van der Waals surface area (Å²) >= 11 is 1.60. The number of rotatable bonds is 2. The molecule has 2 N–H and O–H groups in total. The van der Waals surface area contributed by atoms with Crippen LogP contribution in [0.3, 0.4) is 0 Å². The molecule has 19 heavy (non-hydrogen) atoms. The third kappa shape index (κ3) is 3.12. The van der Waals surface area contributed by atoms with Gasteiger partial charge in [0.25, 0.3) is 5.91 Å². The van der Waals surface area contributed by atoms with Crippen LogP contribution in [0.25, 0.3) is 0 Å². The maximum atomic E-state index is 12.2. The highest BCUT2D eigenvalue weighted by atomic mass is 35.5. The first-order valence-corrected chi connectivity index (χ1v) is 7.57. The van der Waals surface area contributed by atoms with Crippen LogP contribution in [0.2, 0.25) is 0 Å². The van der Waals surface area contributed by atoms with E-state index in [2.05, 4.69) is 24.5 Å². The molecule has 3 heterocycles. The van der Waals surface area contributed by atoms with Crippen LogP contribution < -0.4 is 10.6 Å². The molecule has 0 aromatic carbocycles. The average molecular weight is 301 g/mol. The number of carbonyl (C=O) groups is 1. The van der Waals surface area contributed by atoms with Gasteiger partial charge in [-0.05, 0) is 51.2 Å². The topological polar surface area (TPSA) is 41.1 Å². The highest BCUT2D eigenvalue weighted by Gasteiger charge is 2.34. The lowest BCUT2D eigenvalue weighted by Crippen LogP contribution is -2.47. The number of amides is 1. The van der Waals surface area contributed by atoms with Crippen molar-refractivity contribution in [2.45, 2.75) is 57.7 Å². The van der Waals surface area contributed by atoms with Crippen LogP contribution in [-0.4, -0.2) is 24.0 Å². The molecule has 2 bridgehead atoms. The summed E-state index contributed by atoms with van der Waals surface area (Å²) < 4.78 is 0. The molecule has 0 radical (unpaired) electrons. The van der Waals surface area contributed by atoms with Crippen LogP contribution >= 0.6 is 23.7 Å². The van der Waals surface area contributed by atoms with E-state index >= 15 is 0 Å². The van der Waals surface area contributed by atoms with Crippen LogP contribution in [0.5, 0.6) is 0 Å². The Morgan fingerprint density at radius 2 is 1.95 bits per heavy atom. The fraction of sp³-hybridized carbons (Fsp3) is 0.643. The largest absolute Gasteiger partial charge is 0.348 e. The smallest absolute Gasteiger partial charge is 0.261 e. The molecule has 5 heteroatoms. The maximum Gasteiger partial charge on any atom is 0.261 e. The van der Waals surface area contributed by atoms with E-state index in [9.17, 15) is 4.79 Å². The number of hydrogen-bond donors (Lipinski definition) is 2. The number of thiophene rings is 1. The number of hydrogen-bond acceptors (Lipinski definition) is 3. The third-order valence-corrected chi connectivity index (χ3v) is 5.35. The fourth-order valence-corrected chi connectivity index (χ4v) is 4.05. The van der Waals surface area contributed by atoms with E-state index in [0.717, 1.165) is 17.7 Å². The second-order valence-electron chi connectivity index (χ2n) is 5.63. The number of fused-ring (bicyclic) bond motifs is 2. The number of nitrogens with one attached hydrogen (secondary N) is 2. The summed E-state index contributed by atoms with van der Waals surface area (Å²) in [5, 5.41) is 6.81. The van der Waals surface area contributed by atoms with Crippen LogP contribution in [0.4, 0.5) is 0 Å². The van der Waals surface area contributed by atoms with Gasteiger partial charge in [0.15, 0.2) is 0 Å². The van der Waals surface area contributed by atoms with Gasteiger partial charge in [-0.15, -0.1) is 23.7 Å². The van der Waals surface area contributed by atoms with E-state index in [1.54, 1.807) is 11.3 Å². The van der Waals surface area contributed by atoms with E-state index < -0.39 is 0 Å². The average Bonchev–Trinajstić information content (AvgIpc) is 2.83. The number of piperidine rings is 1. The normalized spacial score (nSPS) is 28.8. The lowest BCUT2D eigenvalue weighted by atomic mass is 10.00. The molecule has 2 unspecified atom stereocenters. The van der Waals surface area contributed by atoms with Crippen LogP contribution in [0.1, 0.15) is 45.8 Å². The molecular formula is C14H21ClN2OS. The van der Waals surface area contributed by atoms with Crippen molar-refractivity contribution in [1.82, 2.24) is 10.6 Å². The predicted molar refractivity (Wildman–Crippen MR) is 81.5 cm³/mol. The summed E-state index contributed by atoms with van der Waals surface area (Å²) in [4.78, 5) is 14.3. The standard InChI is InChI=1S/C14H20N2OS.ClH/c1-8-5-13(18-9(8)2)14(17)16-12-6-10-3-4-11(7-12)15-10;/h5,10-12,15H,3-4,6-7H2,1-2H3,(H,16,17);1H. The monoisotopic (exact) mass is 300 g/mol. The third-order valence-electron chi connectivity index (χ3n) is 4.20. The second kappa shape index (κ2) is 5.81. The van der Waals surface area contributed by atoms with Crippen molar-refractivity contribution in [3.8, 4) is 0 Å². The fourth-order valence-electron chi connectivity index (χ4n) is 3.12. The number of halogens is 1. The minimum atomic E-state index is 0. The van der Waals surface area contributed by atoms with Gasteiger partial charge in [-0.3, -0.25) is 4.79 Å². The number of aryl methyl sites for hydroxylation is 2. The summed E-state index contributed by atoms with van der Waals surface area (Å²) in [6, 6.07) is 3.62. The molecule has 2 saturated heterocycles. The molecule has 3 rings (SSSR count). The van der Waals surface area contributed by atoms with Gasteiger partial charge in [0.1, 0.15) is 0 Å². The van der Waals surface area contributed by atoms with Crippen LogP contribution in [-0.2, 0) is 0 Å². The summed E-state index contributed by atoms with van der Waals surface area (Å²) in [5.74, 6) is 0.113. The molecule has 2 aliphatic heterocycles. The molecule has 1 amide bonds. The summed E-state index contributed by atoms with van der Waals surface area (Å²) in [6.45, 7) is 4.13. The first-order chi connectivity index (χ1) is 8.61. The lowest BCUT2D eigenvalue weighted by Gasteiger charge is -2.29. The number of carbonyl (C=O) groups excluding carboxylic acids is 1. The van der Waals surface area contributed by atoms with E-state index in [4.69, 9.17) is 0 Å². The summed E-state index contributed by atoms with van der Waals surface area (Å²) in [6.07, 6.45) is 4.72. The molecule has 0 saturated carbocycles. The Hall–Kier alpha value is -0.580. The molecule has 1 aromatic rings. The first kappa shape index (κ1) is 14.8. The minimum Gasteiger partial charge on any atom is -0.348 e. The first-order valence-electron chi connectivity index (χ1n) is 6.76. The Balaban J connectivity index is 0.00000133. The highest BCUT2D eigenvalue weighted by molar-refractivity contribution is 7.14. The Kier molecular flexibility index (Phi) is 4.54. The van der Waals surface area contributed by atoms with Gasteiger partial charge in [-0.25, -0.2) is 0 Å². The lowest BCUT2D eigenvalue weighted by molar-refractivity contribution is 0.0928. The van der Waals surface area contributed by atoms with Gasteiger partial charge in [0.05, 0.1) is 4.88 Å². The molecule has 3 nitrogen and oxygen atoms in total. The Bertz CT molecular complexity index is 443. The maximum absolute atomic E-state index is 12.2. The summed E-state index contributed by atoms with van der Waals surface area (Å²) in [7, 11) is 0. The molecule has 0 aliphatic carbocycles. The summed E-state index contributed by atoms with van der Waals surface area (Å²) in [5.41, 5.74) is 1.22. The van der Waals surface area contributed by atoms with Gasteiger partial charge in [-0.1, -0.05) is 0 Å². The zero-order valence-corrected chi connectivity index (χ0v) is 13.0. The van der Waals surface area contributed by atoms with E-state index in [-0.39, 0.29) is 18.3 Å². The second-order valence-corrected chi connectivity index (χ2v) is 6.89. The van der Waals surface area contributed by atoms with E-state index in [1.807, 2.05) is 6.07 Å². The predicted octanol–water partition coefficient (Wildman–Crippen LogP) is 2.80. The molecule has 1 aromatic heterocycles. The van der Waals surface area contributed by atoms with Gasteiger partial charge in [-0.2, -0.15) is 0 Å². The SMILES string of the molecule is Cc1cc(C(=O)NC2CC3CCC(C2)N3)sc1C.Cl. The Morgan fingerprint density at radius 3 is 2.47 bits per heavy atom. The Morgan fingerprint density at radius 1 is 1.32 bits per heavy atom. The molecule has 2 fully saturated rings. The molecule has 2 aliphatic rings.